The largest absolute Gasteiger partial charge is 0.481 e. The van der Waals surface area contributed by atoms with E-state index in [1.54, 1.807) is 6.07 Å². The van der Waals surface area contributed by atoms with E-state index in [9.17, 15) is 4.79 Å². The molecule has 0 aliphatic carbocycles. The van der Waals surface area contributed by atoms with Gasteiger partial charge in [0.2, 0.25) is 5.95 Å². The van der Waals surface area contributed by atoms with Crippen molar-refractivity contribution >= 4 is 29.2 Å². The molecule has 1 heterocycles. The van der Waals surface area contributed by atoms with Crippen molar-refractivity contribution < 1.29 is 9.90 Å². The number of hydrogen-bond acceptors (Lipinski definition) is 4. The first-order chi connectivity index (χ1) is 11.0. The van der Waals surface area contributed by atoms with Crippen molar-refractivity contribution in [2.75, 3.05) is 5.32 Å². The second-order valence-corrected chi connectivity index (χ2v) is 5.82. The summed E-state index contributed by atoms with van der Waals surface area (Å²) < 4.78 is 0. The lowest BCUT2D eigenvalue weighted by molar-refractivity contribution is -0.137. The van der Waals surface area contributed by atoms with Crippen molar-refractivity contribution in [3.05, 3.63) is 46.7 Å². The second-order valence-electron chi connectivity index (χ2n) is 5.43. The molecule has 1 aromatic carbocycles. The van der Waals surface area contributed by atoms with Gasteiger partial charge >= 0.3 is 5.97 Å². The third-order valence-electron chi connectivity index (χ3n) is 3.39. The van der Waals surface area contributed by atoms with Crippen molar-refractivity contribution in [2.45, 2.75) is 39.0 Å². The Kier molecular flexibility index (Phi) is 6.35. The molecule has 6 heteroatoms. The highest BCUT2D eigenvalue weighted by molar-refractivity contribution is 6.29. The van der Waals surface area contributed by atoms with Gasteiger partial charge in [-0.05, 0) is 49.9 Å². The molecule has 2 N–H and O–H groups in total. The zero-order valence-corrected chi connectivity index (χ0v) is 13.8. The number of anilines is 2. The predicted octanol–water partition coefficient (Wildman–Crippen LogP) is 4.37. The van der Waals surface area contributed by atoms with E-state index in [2.05, 4.69) is 27.4 Å². The highest BCUT2D eigenvalue weighted by atomic mass is 35.5. The molecule has 0 saturated carbocycles. The molecule has 2 aromatic rings. The average Bonchev–Trinajstić information content (AvgIpc) is 2.47. The maximum Gasteiger partial charge on any atom is 0.303 e. The molecule has 0 aliphatic heterocycles. The van der Waals surface area contributed by atoms with Gasteiger partial charge in [-0.3, -0.25) is 4.79 Å². The Hall–Kier alpha value is -2.14. The molecule has 0 fully saturated rings. The van der Waals surface area contributed by atoms with Crippen LogP contribution in [0.3, 0.4) is 0 Å². The number of halogens is 1. The van der Waals surface area contributed by atoms with E-state index in [-0.39, 0.29) is 6.42 Å². The van der Waals surface area contributed by atoms with Gasteiger partial charge in [-0.1, -0.05) is 30.2 Å². The first-order valence-electron chi connectivity index (χ1n) is 7.62. The zero-order valence-electron chi connectivity index (χ0n) is 13.1. The summed E-state index contributed by atoms with van der Waals surface area (Å²) in [6.07, 6.45) is 3.87. The third kappa shape index (κ3) is 6.24. The zero-order chi connectivity index (χ0) is 16.7. The van der Waals surface area contributed by atoms with Crippen LogP contribution in [0.25, 0.3) is 0 Å². The Labute approximate surface area is 140 Å². The summed E-state index contributed by atoms with van der Waals surface area (Å²) in [7, 11) is 0. The highest BCUT2D eigenvalue weighted by Gasteiger charge is 2.02. The number of nitrogens with zero attached hydrogens (tertiary/aromatic N) is 2. The molecule has 0 radical (unpaired) electrons. The minimum absolute atomic E-state index is 0.252. The first kappa shape index (κ1) is 17.2. The quantitative estimate of drug-likeness (QED) is 0.554. The van der Waals surface area contributed by atoms with Crippen LogP contribution >= 0.6 is 11.6 Å². The fourth-order valence-electron chi connectivity index (χ4n) is 2.25. The molecule has 0 saturated heterocycles. The summed E-state index contributed by atoms with van der Waals surface area (Å²) in [5.41, 5.74) is 2.95. The highest BCUT2D eigenvalue weighted by Crippen LogP contribution is 2.17. The topological polar surface area (TPSA) is 75.1 Å². The number of aromatic nitrogens is 2. The number of aryl methyl sites for hydroxylation is 2. The molecule has 0 atom stereocenters. The number of carboxylic acid groups (broad SMARTS) is 1. The Morgan fingerprint density at radius 2 is 1.91 bits per heavy atom. The monoisotopic (exact) mass is 333 g/mol. The van der Waals surface area contributed by atoms with E-state index in [1.807, 2.05) is 19.1 Å². The molecule has 0 aliphatic rings. The SMILES string of the molecule is Cc1cc(Cl)nc(Nc2ccc(CCCCCC(=O)O)cc2)n1. The van der Waals surface area contributed by atoms with E-state index < -0.39 is 5.97 Å². The van der Waals surface area contributed by atoms with Crippen LogP contribution < -0.4 is 5.32 Å². The fourth-order valence-corrected chi connectivity index (χ4v) is 2.49. The van der Waals surface area contributed by atoms with Crippen molar-refractivity contribution in [3.8, 4) is 0 Å². The number of nitrogens with one attached hydrogen (secondary N) is 1. The summed E-state index contributed by atoms with van der Waals surface area (Å²) in [6, 6.07) is 9.77. The molecule has 0 amide bonds. The van der Waals surface area contributed by atoms with Crippen molar-refractivity contribution in [1.82, 2.24) is 9.97 Å². The number of carbonyl (C=O) groups is 1. The Bertz CT molecular complexity index is 639. The molecule has 23 heavy (non-hydrogen) atoms. The van der Waals surface area contributed by atoms with E-state index in [0.29, 0.717) is 11.1 Å². The standard InChI is InChI=1S/C17H20ClN3O2/c1-12-11-15(18)21-17(19-12)20-14-9-7-13(8-10-14)5-3-2-4-6-16(22)23/h7-11H,2-6H2,1H3,(H,22,23)(H,19,20,21). The van der Waals surface area contributed by atoms with Crippen LogP contribution in [0.2, 0.25) is 5.15 Å². The summed E-state index contributed by atoms with van der Waals surface area (Å²) in [4.78, 5) is 18.8. The van der Waals surface area contributed by atoms with Gasteiger partial charge in [-0.25, -0.2) is 9.97 Å². The number of hydrogen-bond donors (Lipinski definition) is 2. The molecule has 0 unspecified atom stereocenters. The smallest absolute Gasteiger partial charge is 0.303 e. The van der Waals surface area contributed by atoms with Gasteiger partial charge in [-0.2, -0.15) is 0 Å². The molecular weight excluding hydrogens is 314 g/mol. The lowest BCUT2D eigenvalue weighted by Crippen LogP contribution is -1.99. The van der Waals surface area contributed by atoms with Crippen LogP contribution in [-0.2, 0) is 11.2 Å². The van der Waals surface area contributed by atoms with Gasteiger partial charge in [0.1, 0.15) is 5.15 Å². The van der Waals surface area contributed by atoms with Gasteiger partial charge < -0.3 is 10.4 Å². The molecule has 122 valence electrons. The van der Waals surface area contributed by atoms with Crippen LogP contribution in [0, 0.1) is 6.92 Å². The van der Waals surface area contributed by atoms with E-state index in [0.717, 1.165) is 37.1 Å². The molecule has 1 aromatic heterocycles. The van der Waals surface area contributed by atoms with E-state index >= 15 is 0 Å². The van der Waals surface area contributed by atoms with Crippen molar-refractivity contribution in [2.24, 2.45) is 0 Å². The second kappa shape index (κ2) is 8.48. The Morgan fingerprint density at radius 1 is 1.17 bits per heavy atom. The number of unbranched alkanes of at least 4 members (excludes halogenated alkanes) is 2. The van der Waals surface area contributed by atoms with E-state index in [4.69, 9.17) is 16.7 Å². The average molecular weight is 334 g/mol. The minimum atomic E-state index is -0.723. The molecule has 5 nitrogen and oxygen atoms in total. The van der Waals surface area contributed by atoms with Crippen LogP contribution in [0.1, 0.15) is 36.9 Å². The van der Waals surface area contributed by atoms with Gasteiger partial charge in [-0.15, -0.1) is 0 Å². The minimum Gasteiger partial charge on any atom is -0.481 e. The normalized spacial score (nSPS) is 10.5. The van der Waals surface area contributed by atoms with Gasteiger partial charge in [0.05, 0.1) is 0 Å². The number of rotatable bonds is 8. The first-order valence-corrected chi connectivity index (χ1v) is 7.99. The lowest BCUT2D eigenvalue weighted by atomic mass is 10.1. The number of benzene rings is 1. The summed E-state index contributed by atoms with van der Waals surface area (Å²) in [5.74, 6) is -0.240. The lowest BCUT2D eigenvalue weighted by Gasteiger charge is -2.07. The van der Waals surface area contributed by atoms with E-state index in [1.165, 1.54) is 5.56 Å². The maximum atomic E-state index is 10.4. The number of carboxylic acids is 1. The molecule has 0 spiro atoms. The van der Waals surface area contributed by atoms with Crippen LogP contribution in [0.5, 0.6) is 0 Å². The summed E-state index contributed by atoms with van der Waals surface area (Å²) in [6.45, 7) is 1.87. The summed E-state index contributed by atoms with van der Waals surface area (Å²) >= 11 is 5.92. The Morgan fingerprint density at radius 3 is 2.57 bits per heavy atom. The van der Waals surface area contributed by atoms with Gasteiger partial charge in [0.25, 0.3) is 0 Å². The van der Waals surface area contributed by atoms with Crippen molar-refractivity contribution in [3.63, 3.8) is 0 Å². The van der Waals surface area contributed by atoms with Crippen LogP contribution in [0.15, 0.2) is 30.3 Å². The number of aliphatic carboxylic acids is 1. The Balaban J connectivity index is 1.83. The fraction of sp³-hybridized carbons (Fsp3) is 0.353. The summed E-state index contributed by atoms with van der Waals surface area (Å²) in [5, 5.41) is 12.1. The van der Waals surface area contributed by atoms with Crippen LogP contribution in [0.4, 0.5) is 11.6 Å². The van der Waals surface area contributed by atoms with Gasteiger partial charge in [0.15, 0.2) is 0 Å². The van der Waals surface area contributed by atoms with Crippen molar-refractivity contribution in [1.29, 1.82) is 0 Å². The molecular formula is C17H20ClN3O2. The third-order valence-corrected chi connectivity index (χ3v) is 3.58. The van der Waals surface area contributed by atoms with Gasteiger partial charge in [0, 0.05) is 17.8 Å². The maximum absolute atomic E-state index is 10.4. The molecule has 2 rings (SSSR count). The predicted molar refractivity (Wildman–Crippen MR) is 91.3 cm³/mol. The molecule has 0 bridgehead atoms. The van der Waals surface area contributed by atoms with Crippen LogP contribution in [-0.4, -0.2) is 21.0 Å².